The van der Waals surface area contributed by atoms with Gasteiger partial charge in [-0.05, 0) is 55.0 Å². The molecule has 0 radical (unpaired) electrons. The molecule has 0 unspecified atom stereocenters. The Bertz CT molecular complexity index is 833. The van der Waals surface area contributed by atoms with Crippen molar-refractivity contribution in [3.05, 3.63) is 70.5 Å². The molecule has 3 rings (SSSR count). The van der Waals surface area contributed by atoms with Gasteiger partial charge >= 0.3 is 12.4 Å². The van der Waals surface area contributed by atoms with Crippen molar-refractivity contribution in [1.82, 2.24) is 0 Å². The molecule has 0 bridgehead atoms. The Balaban J connectivity index is 1.88. The van der Waals surface area contributed by atoms with Crippen LogP contribution in [0.1, 0.15) is 41.3 Å². The van der Waals surface area contributed by atoms with E-state index in [2.05, 4.69) is 0 Å². The fraction of sp³-hybridized carbons (Fsp3) is 0.400. The van der Waals surface area contributed by atoms with Gasteiger partial charge in [-0.3, -0.25) is 0 Å². The second-order valence-corrected chi connectivity index (χ2v) is 6.96. The fourth-order valence-corrected chi connectivity index (χ4v) is 3.24. The van der Waals surface area contributed by atoms with Gasteiger partial charge in [-0.2, -0.15) is 26.3 Å². The predicted octanol–water partition coefficient (Wildman–Crippen LogP) is 4.60. The summed E-state index contributed by atoms with van der Waals surface area (Å²) in [5, 5.41) is 1.86. The third-order valence-corrected chi connectivity index (χ3v) is 4.79. The van der Waals surface area contributed by atoms with Gasteiger partial charge in [0.05, 0.1) is 23.8 Å². The molecule has 3 atom stereocenters. The van der Waals surface area contributed by atoms with Crippen LogP contribution in [-0.2, 0) is 21.8 Å². The molecule has 1 fully saturated rings. The maximum Gasteiger partial charge on any atom is 0.416 e. The van der Waals surface area contributed by atoms with E-state index in [1.165, 1.54) is 31.2 Å². The van der Waals surface area contributed by atoms with Crippen molar-refractivity contribution in [3.63, 3.8) is 0 Å². The van der Waals surface area contributed by atoms with E-state index in [4.69, 9.17) is 9.47 Å². The normalized spacial score (nSPS) is 21.5. The van der Waals surface area contributed by atoms with Crippen molar-refractivity contribution < 1.29 is 45.5 Å². The smallest absolute Gasteiger partial charge is 0.341 e. The summed E-state index contributed by atoms with van der Waals surface area (Å²) < 4.78 is 103. The van der Waals surface area contributed by atoms with Crippen LogP contribution in [-0.4, -0.2) is 19.4 Å². The van der Waals surface area contributed by atoms with Crippen molar-refractivity contribution in [2.45, 2.75) is 37.7 Å². The highest BCUT2D eigenvalue weighted by Gasteiger charge is 2.38. The zero-order valence-corrected chi connectivity index (χ0v) is 15.7. The molecule has 2 aromatic carbocycles. The minimum atomic E-state index is -4.94. The van der Waals surface area contributed by atoms with Crippen LogP contribution in [0.2, 0.25) is 0 Å². The lowest BCUT2D eigenvalue weighted by molar-refractivity contribution is -0.729. The number of ether oxygens (including phenoxy) is 2. The fourth-order valence-electron chi connectivity index (χ4n) is 3.24. The van der Waals surface area contributed by atoms with E-state index in [0.717, 1.165) is 0 Å². The number of halogens is 7. The van der Waals surface area contributed by atoms with E-state index in [1.807, 2.05) is 5.32 Å². The summed E-state index contributed by atoms with van der Waals surface area (Å²) in [5.74, 6) is -0.440. The number of morpholine rings is 1. The van der Waals surface area contributed by atoms with E-state index < -0.39 is 47.7 Å². The molecule has 30 heavy (non-hydrogen) atoms. The Hall–Kier alpha value is -2.17. The number of hydrogen-bond donors (Lipinski definition) is 1. The van der Waals surface area contributed by atoms with Crippen LogP contribution >= 0.6 is 0 Å². The molecular weight excluding hydrogens is 419 g/mol. The number of hydrogen-bond acceptors (Lipinski definition) is 2. The zero-order chi connectivity index (χ0) is 22.1. The monoisotopic (exact) mass is 438 g/mol. The summed E-state index contributed by atoms with van der Waals surface area (Å²) in [7, 11) is 0. The number of benzene rings is 2. The van der Waals surface area contributed by atoms with Crippen molar-refractivity contribution in [2.75, 3.05) is 13.2 Å². The minimum absolute atomic E-state index is 0.0719. The molecule has 1 aliphatic rings. The maximum absolute atomic E-state index is 13.2. The molecule has 164 valence electrons. The van der Waals surface area contributed by atoms with Gasteiger partial charge in [0.1, 0.15) is 12.4 Å². The van der Waals surface area contributed by atoms with E-state index in [-0.39, 0.29) is 18.2 Å². The molecule has 2 N–H and O–H groups in total. The Morgan fingerprint density at radius 2 is 1.53 bits per heavy atom. The molecule has 1 saturated heterocycles. The van der Waals surface area contributed by atoms with E-state index >= 15 is 0 Å². The van der Waals surface area contributed by atoms with Crippen LogP contribution < -0.4 is 5.32 Å². The highest BCUT2D eigenvalue weighted by molar-refractivity contribution is 5.34. The van der Waals surface area contributed by atoms with Crippen LogP contribution in [0.3, 0.4) is 0 Å². The van der Waals surface area contributed by atoms with Gasteiger partial charge in [0.25, 0.3) is 0 Å². The van der Waals surface area contributed by atoms with Gasteiger partial charge in [0.15, 0.2) is 6.04 Å². The standard InChI is InChI=1S/C20H18F7NO2/c1-11(13-8-14(19(22,23)24)10-15(9-13)20(25,26)27)30-18-17(28-6-7-29-18)12-2-4-16(21)5-3-12/h2-5,8-11,17-18,28H,6-7H2,1H3/p+1/t11-,17+,18-/m1/s1. The van der Waals surface area contributed by atoms with Crippen LogP contribution in [0.25, 0.3) is 0 Å². The highest BCUT2D eigenvalue weighted by Crippen LogP contribution is 2.38. The first-order chi connectivity index (χ1) is 13.9. The average Bonchev–Trinajstić information content (AvgIpc) is 2.67. The third kappa shape index (κ3) is 5.30. The van der Waals surface area contributed by atoms with Gasteiger partial charge in [-0.25, -0.2) is 4.39 Å². The largest absolute Gasteiger partial charge is 0.416 e. The summed E-state index contributed by atoms with van der Waals surface area (Å²) in [4.78, 5) is 0. The van der Waals surface area contributed by atoms with Crippen molar-refractivity contribution >= 4 is 0 Å². The third-order valence-electron chi connectivity index (χ3n) is 4.79. The van der Waals surface area contributed by atoms with Crippen LogP contribution in [0.15, 0.2) is 42.5 Å². The van der Waals surface area contributed by atoms with Crippen LogP contribution in [0.4, 0.5) is 30.7 Å². The minimum Gasteiger partial charge on any atom is -0.341 e. The van der Waals surface area contributed by atoms with E-state index in [1.54, 1.807) is 0 Å². The molecule has 1 aliphatic heterocycles. The van der Waals surface area contributed by atoms with Crippen LogP contribution in [0, 0.1) is 5.82 Å². The van der Waals surface area contributed by atoms with Gasteiger partial charge in [-0.15, -0.1) is 0 Å². The molecule has 1 heterocycles. The van der Waals surface area contributed by atoms with Gasteiger partial charge < -0.3 is 14.8 Å². The lowest BCUT2D eigenvalue weighted by atomic mass is 10.0. The quantitative estimate of drug-likeness (QED) is 0.709. The Morgan fingerprint density at radius 1 is 0.967 bits per heavy atom. The number of nitrogens with two attached hydrogens (primary N) is 1. The summed E-state index contributed by atoms with van der Waals surface area (Å²) in [6, 6.07) is 6.45. The first kappa shape index (κ1) is 22.5. The molecule has 3 nitrogen and oxygen atoms in total. The van der Waals surface area contributed by atoms with Crippen molar-refractivity contribution in [3.8, 4) is 0 Å². The highest BCUT2D eigenvalue weighted by atomic mass is 19.4. The van der Waals surface area contributed by atoms with Crippen LogP contribution in [0.5, 0.6) is 0 Å². The first-order valence-electron chi connectivity index (χ1n) is 9.10. The number of alkyl halides is 6. The summed E-state index contributed by atoms with van der Waals surface area (Å²) in [6.07, 6.45) is -11.9. The first-order valence-corrected chi connectivity index (χ1v) is 9.10. The summed E-state index contributed by atoms with van der Waals surface area (Å²) in [5.41, 5.74) is -2.43. The Morgan fingerprint density at radius 3 is 2.07 bits per heavy atom. The van der Waals surface area contributed by atoms with E-state index in [9.17, 15) is 30.7 Å². The number of rotatable bonds is 4. The maximum atomic E-state index is 13.2. The average molecular weight is 438 g/mol. The molecule has 10 heteroatoms. The van der Waals surface area contributed by atoms with E-state index in [0.29, 0.717) is 24.2 Å². The Kier molecular flexibility index (Phi) is 6.40. The lowest BCUT2D eigenvalue weighted by Crippen LogP contribution is -2.90. The topological polar surface area (TPSA) is 35.1 Å². The lowest BCUT2D eigenvalue weighted by Gasteiger charge is -2.32. The van der Waals surface area contributed by atoms with Crippen molar-refractivity contribution in [1.29, 1.82) is 0 Å². The van der Waals surface area contributed by atoms with Crippen molar-refractivity contribution in [2.24, 2.45) is 0 Å². The predicted molar refractivity (Wildman–Crippen MR) is 91.6 cm³/mol. The zero-order valence-electron chi connectivity index (χ0n) is 15.7. The van der Waals surface area contributed by atoms with Gasteiger partial charge in [0.2, 0.25) is 6.29 Å². The number of quaternary nitrogens is 1. The summed E-state index contributed by atoms with van der Waals surface area (Å²) >= 11 is 0. The summed E-state index contributed by atoms with van der Waals surface area (Å²) in [6.45, 7) is 2.21. The molecule has 2 aromatic rings. The molecule has 0 aliphatic carbocycles. The molecular formula is C20H19F7NO2+. The van der Waals surface area contributed by atoms with Gasteiger partial charge in [0, 0.05) is 5.56 Å². The molecule has 0 amide bonds. The second-order valence-electron chi connectivity index (χ2n) is 6.96. The second kappa shape index (κ2) is 8.52. The van der Waals surface area contributed by atoms with Gasteiger partial charge in [-0.1, -0.05) is 0 Å². The molecule has 0 aromatic heterocycles. The molecule has 0 saturated carbocycles. The SMILES string of the molecule is C[C@@H](O[C@H]1OCC[NH2+][C@H]1c1ccc(F)cc1)c1cc(C(F)(F)F)cc(C(F)(F)F)c1. The Labute approximate surface area is 167 Å². The molecule has 0 spiro atoms.